The highest BCUT2D eigenvalue weighted by molar-refractivity contribution is 5.76. The molecule has 0 unspecified atom stereocenters. The summed E-state index contributed by atoms with van der Waals surface area (Å²) in [5, 5.41) is 0. The van der Waals surface area contributed by atoms with Crippen LogP contribution < -0.4 is 5.73 Å². The Morgan fingerprint density at radius 3 is 2.75 bits per heavy atom. The molecule has 2 N–H and O–H groups in total. The molecule has 0 atom stereocenters. The average molecular weight is 219 g/mol. The fourth-order valence-electron chi connectivity index (χ4n) is 1.93. The molecule has 0 radical (unpaired) electrons. The fourth-order valence-corrected chi connectivity index (χ4v) is 1.93. The minimum Gasteiger partial charge on any atom is -0.399 e. The van der Waals surface area contributed by atoms with Crippen LogP contribution in [-0.4, -0.2) is 36.0 Å². The van der Waals surface area contributed by atoms with Gasteiger partial charge in [0.15, 0.2) is 0 Å². The second kappa shape index (κ2) is 4.04. The molecule has 0 saturated carbocycles. The van der Waals surface area contributed by atoms with Crippen molar-refractivity contribution < 1.29 is 4.79 Å². The van der Waals surface area contributed by atoms with Gasteiger partial charge in [0, 0.05) is 32.4 Å². The van der Waals surface area contributed by atoms with E-state index in [0.717, 1.165) is 29.9 Å². The van der Waals surface area contributed by atoms with Gasteiger partial charge in [-0.3, -0.25) is 0 Å². The Bertz CT molecular complexity index is 417. The van der Waals surface area contributed by atoms with Crippen molar-refractivity contribution >= 4 is 11.7 Å². The molecule has 0 bridgehead atoms. The number of hydrogen-bond acceptors (Lipinski definition) is 2. The Morgan fingerprint density at radius 2 is 2.12 bits per heavy atom. The zero-order valence-corrected chi connectivity index (χ0v) is 9.73. The third-order valence-electron chi connectivity index (χ3n) is 3.15. The number of benzene rings is 1. The lowest BCUT2D eigenvalue weighted by molar-refractivity contribution is 0.197. The van der Waals surface area contributed by atoms with Gasteiger partial charge in [0.05, 0.1) is 0 Å². The highest BCUT2D eigenvalue weighted by atomic mass is 16.2. The molecule has 0 spiro atoms. The monoisotopic (exact) mass is 219 g/mol. The van der Waals surface area contributed by atoms with Gasteiger partial charge in [-0.1, -0.05) is 12.1 Å². The topological polar surface area (TPSA) is 49.6 Å². The maximum atomic E-state index is 11.7. The normalized spacial score (nSPS) is 16.0. The van der Waals surface area contributed by atoms with Gasteiger partial charge >= 0.3 is 6.03 Å². The van der Waals surface area contributed by atoms with Gasteiger partial charge in [-0.2, -0.15) is 0 Å². The predicted octanol–water partition coefficient (Wildman–Crippen LogP) is 1.44. The van der Waals surface area contributed by atoms with E-state index in [-0.39, 0.29) is 6.03 Å². The number of amides is 2. The van der Waals surface area contributed by atoms with Crippen molar-refractivity contribution in [1.82, 2.24) is 9.80 Å². The summed E-state index contributed by atoms with van der Waals surface area (Å²) < 4.78 is 0. The quantitative estimate of drug-likeness (QED) is 0.765. The number of carbonyl (C=O) groups excluding carboxylic acids is 1. The van der Waals surface area contributed by atoms with E-state index in [1.165, 1.54) is 0 Å². The van der Waals surface area contributed by atoms with Crippen LogP contribution in [0.4, 0.5) is 10.5 Å². The lowest BCUT2D eigenvalue weighted by atomic mass is 10.1. The molecule has 0 aliphatic carbocycles. The standard InChI is InChI=1S/C12H17N3O/c1-9-10(4-3-5-11(9)13)8-15-7-6-14(2)12(15)16/h3-5H,6-8,13H2,1-2H3. The minimum atomic E-state index is 0.0989. The Hall–Kier alpha value is -1.71. The van der Waals surface area contributed by atoms with Crippen molar-refractivity contribution in [2.75, 3.05) is 25.9 Å². The second-order valence-electron chi connectivity index (χ2n) is 4.26. The lowest BCUT2D eigenvalue weighted by Gasteiger charge is -2.17. The molecule has 16 heavy (non-hydrogen) atoms. The summed E-state index contributed by atoms with van der Waals surface area (Å²) in [4.78, 5) is 15.3. The summed E-state index contributed by atoms with van der Waals surface area (Å²) in [6, 6.07) is 5.94. The van der Waals surface area contributed by atoms with E-state index >= 15 is 0 Å². The highest BCUT2D eigenvalue weighted by Gasteiger charge is 2.25. The predicted molar refractivity (Wildman–Crippen MR) is 64.0 cm³/mol. The molecule has 1 saturated heterocycles. The molecule has 86 valence electrons. The van der Waals surface area contributed by atoms with Crippen molar-refractivity contribution in [3.05, 3.63) is 29.3 Å². The van der Waals surface area contributed by atoms with E-state index in [4.69, 9.17) is 5.73 Å². The van der Waals surface area contributed by atoms with Crippen LogP contribution in [0.25, 0.3) is 0 Å². The van der Waals surface area contributed by atoms with Crippen LogP contribution in [0.15, 0.2) is 18.2 Å². The van der Waals surface area contributed by atoms with E-state index in [9.17, 15) is 4.79 Å². The summed E-state index contributed by atoms with van der Waals surface area (Å²) in [6.07, 6.45) is 0. The first-order valence-electron chi connectivity index (χ1n) is 5.43. The van der Waals surface area contributed by atoms with Gasteiger partial charge in [0.1, 0.15) is 0 Å². The van der Waals surface area contributed by atoms with Crippen molar-refractivity contribution in [1.29, 1.82) is 0 Å². The Labute approximate surface area is 95.6 Å². The molecular formula is C12H17N3O. The molecule has 1 aliphatic heterocycles. The van der Waals surface area contributed by atoms with Crippen molar-refractivity contribution in [2.24, 2.45) is 0 Å². The number of hydrogen-bond donors (Lipinski definition) is 1. The van der Waals surface area contributed by atoms with Crippen molar-refractivity contribution in [3.63, 3.8) is 0 Å². The number of nitrogen functional groups attached to an aromatic ring is 1. The fraction of sp³-hybridized carbons (Fsp3) is 0.417. The number of nitrogens with zero attached hydrogens (tertiary/aromatic N) is 2. The summed E-state index contributed by atoms with van der Waals surface area (Å²) in [5.41, 5.74) is 8.83. The molecule has 1 aromatic rings. The maximum Gasteiger partial charge on any atom is 0.320 e. The third kappa shape index (κ3) is 1.83. The molecule has 1 fully saturated rings. The van der Waals surface area contributed by atoms with E-state index in [1.54, 1.807) is 4.90 Å². The third-order valence-corrected chi connectivity index (χ3v) is 3.15. The summed E-state index contributed by atoms with van der Waals surface area (Å²) in [5.74, 6) is 0. The first kappa shape index (κ1) is 10.8. The number of likely N-dealkylation sites (N-methyl/N-ethyl adjacent to an activating group) is 1. The summed E-state index contributed by atoms with van der Waals surface area (Å²) in [6.45, 7) is 4.25. The molecule has 1 heterocycles. The SMILES string of the molecule is Cc1c(N)cccc1CN1CCN(C)C1=O. The first-order valence-corrected chi connectivity index (χ1v) is 5.43. The number of rotatable bonds is 2. The van der Waals surface area contributed by atoms with Crippen LogP contribution in [-0.2, 0) is 6.54 Å². The Morgan fingerprint density at radius 1 is 1.38 bits per heavy atom. The molecule has 2 amide bonds. The van der Waals surface area contributed by atoms with E-state index in [2.05, 4.69) is 0 Å². The van der Waals surface area contributed by atoms with Gasteiger partial charge in [-0.05, 0) is 24.1 Å². The molecule has 2 rings (SSSR count). The molecule has 4 heteroatoms. The molecular weight excluding hydrogens is 202 g/mol. The zero-order chi connectivity index (χ0) is 11.7. The Balaban J connectivity index is 2.16. The van der Waals surface area contributed by atoms with Gasteiger partial charge < -0.3 is 15.5 Å². The Kier molecular flexibility index (Phi) is 2.73. The van der Waals surface area contributed by atoms with Crippen LogP contribution in [0.3, 0.4) is 0 Å². The number of urea groups is 1. The smallest absolute Gasteiger partial charge is 0.320 e. The van der Waals surface area contributed by atoms with Crippen LogP contribution in [0.1, 0.15) is 11.1 Å². The lowest BCUT2D eigenvalue weighted by Crippen LogP contribution is -2.29. The van der Waals surface area contributed by atoms with Gasteiger partial charge in [-0.25, -0.2) is 4.79 Å². The second-order valence-corrected chi connectivity index (χ2v) is 4.26. The van der Waals surface area contributed by atoms with Crippen LogP contribution >= 0.6 is 0 Å². The first-order chi connectivity index (χ1) is 7.59. The maximum absolute atomic E-state index is 11.7. The summed E-state index contributed by atoms with van der Waals surface area (Å²) >= 11 is 0. The molecule has 4 nitrogen and oxygen atoms in total. The highest BCUT2D eigenvalue weighted by Crippen LogP contribution is 2.19. The number of carbonyl (C=O) groups is 1. The minimum absolute atomic E-state index is 0.0989. The van der Waals surface area contributed by atoms with Gasteiger partial charge in [-0.15, -0.1) is 0 Å². The number of anilines is 1. The van der Waals surface area contributed by atoms with E-state index in [0.29, 0.717) is 6.54 Å². The summed E-state index contributed by atoms with van der Waals surface area (Å²) in [7, 11) is 1.83. The molecule has 1 aromatic carbocycles. The van der Waals surface area contributed by atoms with Crippen LogP contribution in [0.2, 0.25) is 0 Å². The van der Waals surface area contributed by atoms with Gasteiger partial charge in [0.25, 0.3) is 0 Å². The van der Waals surface area contributed by atoms with Gasteiger partial charge in [0.2, 0.25) is 0 Å². The van der Waals surface area contributed by atoms with Crippen molar-refractivity contribution in [3.8, 4) is 0 Å². The molecule has 0 aromatic heterocycles. The van der Waals surface area contributed by atoms with Crippen LogP contribution in [0, 0.1) is 6.92 Å². The zero-order valence-electron chi connectivity index (χ0n) is 9.73. The molecule has 1 aliphatic rings. The van der Waals surface area contributed by atoms with E-state index in [1.807, 2.05) is 37.1 Å². The largest absolute Gasteiger partial charge is 0.399 e. The van der Waals surface area contributed by atoms with Crippen molar-refractivity contribution in [2.45, 2.75) is 13.5 Å². The van der Waals surface area contributed by atoms with Crippen LogP contribution in [0.5, 0.6) is 0 Å². The number of nitrogens with two attached hydrogens (primary N) is 1. The average Bonchev–Trinajstić information content (AvgIpc) is 2.57. The van der Waals surface area contributed by atoms with E-state index < -0.39 is 0 Å².